The number of unbranched alkanes of at least 4 members (excludes halogenated alkanes) is 6. The van der Waals surface area contributed by atoms with Crippen molar-refractivity contribution in [1.82, 2.24) is 5.32 Å². The molecule has 9 nitrogen and oxygen atoms in total. The van der Waals surface area contributed by atoms with Gasteiger partial charge < -0.3 is 14.6 Å². The lowest BCUT2D eigenvalue weighted by Gasteiger charge is -2.06. The number of carbonyl (C=O) groups excluding carboxylic acids is 2. The second-order valence-corrected chi connectivity index (χ2v) is 7.34. The van der Waals surface area contributed by atoms with Crippen LogP contribution in [0, 0.1) is 5.92 Å². The van der Waals surface area contributed by atoms with Crippen molar-refractivity contribution in [2.75, 3.05) is 0 Å². The lowest BCUT2D eigenvalue weighted by Crippen LogP contribution is -2.35. The van der Waals surface area contributed by atoms with Crippen LogP contribution in [-0.2, 0) is 14.4 Å². The number of hydrogen-bond acceptors (Lipinski definition) is 6. The third-order valence-corrected chi connectivity index (χ3v) is 4.56. The van der Waals surface area contributed by atoms with E-state index in [9.17, 15) is 24.0 Å². The molecule has 0 aliphatic carbocycles. The number of allylic oxidation sites excluding steroid dienone is 1. The molecule has 0 bridgehead atoms. The molecule has 1 aromatic rings. The molecule has 0 aliphatic heterocycles. The Balaban J connectivity index is 2.38. The van der Waals surface area contributed by atoms with Gasteiger partial charge in [-0.05, 0) is 25.3 Å². The van der Waals surface area contributed by atoms with Gasteiger partial charge in [-0.1, -0.05) is 38.7 Å². The molecule has 0 aromatic carbocycles. The van der Waals surface area contributed by atoms with E-state index in [2.05, 4.69) is 0 Å². The van der Waals surface area contributed by atoms with Gasteiger partial charge in [-0.15, -0.1) is 0 Å². The molecule has 1 unspecified atom stereocenters. The number of amides is 2. The van der Waals surface area contributed by atoms with Gasteiger partial charge in [0.25, 0.3) is 5.91 Å². The van der Waals surface area contributed by atoms with Crippen LogP contribution in [0.15, 0.2) is 27.6 Å². The van der Waals surface area contributed by atoms with Gasteiger partial charge in [-0.2, -0.15) is 0 Å². The van der Waals surface area contributed by atoms with E-state index in [0.29, 0.717) is 6.42 Å². The quantitative estimate of drug-likeness (QED) is 0.377. The third-order valence-electron chi connectivity index (χ3n) is 4.56. The maximum Gasteiger partial charge on any atom is 0.306 e. The summed E-state index contributed by atoms with van der Waals surface area (Å²) in [5.41, 5.74) is -0.944. The molecule has 0 spiro atoms. The zero-order chi connectivity index (χ0) is 23.2. The Morgan fingerprint density at radius 3 is 2.32 bits per heavy atom. The first kappa shape index (κ1) is 25.8. The molecule has 1 aromatic heterocycles. The molecular weight excluding hydrogens is 406 g/mol. The van der Waals surface area contributed by atoms with Crippen LogP contribution in [0.3, 0.4) is 0 Å². The predicted octanol–water partition coefficient (Wildman–Crippen LogP) is 3.23. The fourth-order valence-electron chi connectivity index (χ4n) is 2.73. The first-order valence-corrected chi connectivity index (χ1v) is 10.3. The summed E-state index contributed by atoms with van der Waals surface area (Å²) in [4.78, 5) is 57.0. The Morgan fingerprint density at radius 2 is 1.71 bits per heavy atom. The predicted molar refractivity (Wildman–Crippen MR) is 112 cm³/mol. The lowest BCUT2D eigenvalue weighted by atomic mass is 10.1. The van der Waals surface area contributed by atoms with Crippen molar-refractivity contribution < 1.29 is 33.8 Å². The second-order valence-electron chi connectivity index (χ2n) is 7.34. The zero-order valence-corrected chi connectivity index (χ0v) is 17.6. The fourth-order valence-corrected chi connectivity index (χ4v) is 2.73. The average Bonchev–Trinajstić information content (AvgIpc) is 2.68. The third kappa shape index (κ3) is 10.9. The van der Waals surface area contributed by atoms with Crippen LogP contribution in [0.4, 0.5) is 0 Å². The van der Waals surface area contributed by atoms with E-state index in [-0.39, 0.29) is 24.2 Å². The number of carboxylic acid groups (broad SMARTS) is 2. The monoisotopic (exact) mass is 435 g/mol. The highest BCUT2D eigenvalue weighted by molar-refractivity contribution is 6.04. The maximum atomic E-state index is 12.1. The molecule has 3 N–H and O–H groups in total. The number of carbonyl (C=O) groups is 4. The van der Waals surface area contributed by atoms with Crippen LogP contribution in [0.25, 0.3) is 6.08 Å². The van der Waals surface area contributed by atoms with Gasteiger partial charge >= 0.3 is 11.9 Å². The maximum absolute atomic E-state index is 12.1. The summed E-state index contributed by atoms with van der Waals surface area (Å²) in [6, 6.07) is 1.15. The standard InChI is InChI=1S/C22H29NO8/c1-15(22(29)30)12-19(25)23-21(28)17-14-31-16(13-18(17)24)10-8-6-4-2-3-5-7-9-11-20(26)27/h8,10,13-15H,2-7,9,11-12H2,1H3,(H,26,27)(H,29,30)(H,23,25,28). The van der Waals surface area contributed by atoms with Crippen molar-refractivity contribution in [3.05, 3.63) is 40.0 Å². The minimum Gasteiger partial charge on any atom is -0.481 e. The van der Waals surface area contributed by atoms with Gasteiger partial charge in [-0.25, -0.2) is 0 Å². The number of rotatable bonds is 14. The molecule has 1 rings (SSSR count). The first-order valence-electron chi connectivity index (χ1n) is 10.3. The van der Waals surface area contributed by atoms with Gasteiger partial charge in [-0.3, -0.25) is 29.3 Å². The summed E-state index contributed by atoms with van der Waals surface area (Å²) >= 11 is 0. The molecule has 1 heterocycles. The van der Waals surface area contributed by atoms with Crippen LogP contribution in [0.2, 0.25) is 0 Å². The lowest BCUT2D eigenvalue weighted by molar-refractivity contribution is -0.143. The summed E-state index contributed by atoms with van der Waals surface area (Å²) in [6.45, 7) is 1.34. The number of nitrogens with one attached hydrogen (secondary N) is 1. The van der Waals surface area contributed by atoms with E-state index in [4.69, 9.17) is 14.6 Å². The Kier molecular flexibility index (Phi) is 11.6. The largest absolute Gasteiger partial charge is 0.481 e. The topological polar surface area (TPSA) is 151 Å². The fraction of sp³-hybridized carbons (Fsp3) is 0.500. The first-order chi connectivity index (χ1) is 14.7. The normalized spacial score (nSPS) is 11.9. The van der Waals surface area contributed by atoms with Gasteiger partial charge in [0.1, 0.15) is 17.6 Å². The second kappa shape index (κ2) is 13.9. The van der Waals surface area contributed by atoms with Crippen molar-refractivity contribution in [3.63, 3.8) is 0 Å². The highest BCUT2D eigenvalue weighted by Gasteiger charge is 2.19. The van der Waals surface area contributed by atoms with E-state index in [1.807, 2.05) is 11.4 Å². The Bertz CT molecular complexity index is 855. The molecule has 31 heavy (non-hydrogen) atoms. The Morgan fingerprint density at radius 1 is 1.06 bits per heavy atom. The highest BCUT2D eigenvalue weighted by Crippen LogP contribution is 2.10. The SMILES string of the molecule is CC(CC(=O)NC(=O)c1coc(C=CCCCCCCCCC(=O)O)cc1=O)C(=O)O. The Hall–Kier alpha value is -3.23. The van der Waals surface area contributed by atoms with Crippen LogP contribution in [0.5, 0.6) is 0 Å². The molecule has 2 amide bonds. The van der Waals surface area contributed by atoms with Crippen molar-refractivity contribution in [1.29, 1.82) is 0 Å². The number of carboxylic acids is 2. The van der Waals surface area contributed by atoms with E-state index < -0.39 is 35.1 Å². The molecule has 0 aliphatic rings. The molecule has 0 radical (unpaired) electrons. The highest BCUT2D eigenvalue weighted by atomic mass is 16.4. The van der Waals surface area contributed by atoms with E-state index in [0.717, 1.165) is 50.9 Å². The van der Waals surface area contributed by atoms with Crippen molar-refractivity contribution >= 4 is 29.8 Å². The van der Waals surface area contributed by atoms with Crippen LogP contribution in [-0.4, -0.2) is 34.0 Å². The summed E-state index contributed by atoms with van der Waals surface area (Å²) in [6.07, 6.45) is 10.7. The summed E-state index contributed by atoms with van der Waals surface area (Å²) in [5.74, 6) is -4.31. The molecule has 1 atom stereocenters. The molecule has 170 valence electrons. The van der Waals surface area contributed by atoms with Gasteiger partial charge in [0.05, 0.1) is 5.92 Å². The molecule has 0 fully saturated rings. The molecule has 0 saturated heterocycles. The Labute approximate surface area is 180 Å². The van der Waals surface area contributed by atoms with Crippen LogP contribution < -0.4 is 10.7 Å². The van der Waals surface area contributed by atoms with E-state index >= 15 is 0 Å². The summed E-state index contributed by atoms with van der Waals surface area (Å²) < 4.78 is 5.25. The average molecular weight is 435 g/mol. The van der Waals surface area contributed by atoms with Crippen molar-refractivity contribution in [2.24, 2.45) is 5.92 Å². The number of hydrogen-bond donors (Lipinski definition) is 3. The zero-order valence-electron chi connectivity index (χ0n) is 17.6. The molecular formula is C22H29NO8. The summed E-state index contributed by atoms with van der Waals surface area (Å²) in [7, 11) is 0. The van der Waals surface area contributed by atoms with Gasteiger partial charge in [0.2, 0.25) is 5.91 Å². The molecule has 9 heteroatoms. The number of aliphatic carboxylic acids is 2. The smallest absolute Gasteiger partial charge is 0.306 e. The number of imide groups is 1. The minimum atomic E-state index is -1.16. The van der Waals surface area contributed by atoms with Crippen LogP contribution >= 0.6 is 0 Å². The van der Waals surface area contributed by atoms with Gasteiger partial charge in [0, 0.05) is 18.9 Å². The van der Waals surface area contributed by atoms with E-state index in [1.54, 1.807) is 6.08 Å². The van der Waals surface area contributed by atoms with Crippen molar-refractivity contribution in [3.8, 4) is 0 Å². The minimum absolute atomic E-state index is 0.217. The summed E-state index contributed by atoms with van der Waals surface area (Å²) in [5, 5.41) is 19.3. The van der Waals surface area contributed by atoms with Gasteiger partial charge in [0.15, 0.2) is 5.43 Å². The molecule has 0 saturated carbocycles. The van der Waals surface area contributed by atoms with Crippen molar-refractivity contribution in [2.45, 2.75) is 64.7 Å². The van der Waals surface area contributed by atoms with Crippen LogP contribution in [0.1, 0.15) is 80.8 Å². The van der Waals surface area contributed by atoms with E-state index in [1.165, 1.54) is 6.92 Å².